The Balaban J connectivity index is 3.13. The number of carbonyl (C=O) groups excluding carboxylic acids is 1. The lowest BCUT2D eigenvalue weighted by Crippen LogP contribution is -2.08. The number of benzene rings is 1. The lowest BCUT2D eigenvalue weighted by atomic mass is 10.0. The fraction of sp³-hybridized carbons (Fsp3) is 0.182. The second-order valence-corrected chi connectivity index (χ2v) is 3.19. The molecule has 1 rings (SSSR count). The van der Waals surface area contributed by atoms with Gasteiger partial charge in [0.15, 0.2) is 0 Å². The van der Waals surface area contributed by atoms with Gasteiger partial charge in [-0.3, -0.25) is 4.79 Å². The lowest BCUT2D eigenvalue weighted by molar-refractivity contribution is -0.114. The van der Waals surface area contributed by atoms with Crippen molar-refractivity contribution in [2.24, 2.45) is 0 Å². The van der Waals surface area contributed by atoms with E-state index in [9.17, 15) is 9.59 Å². The van der Waals surface area contributed by atoms with Gasteiger partial charge in [-0.2, -0.15) is 5.26 Å². The number of hydrogen-bond acceptors (Lipinski definition) is 3. The van der Waals surface area contributed by atoms with E-state index in [1.165, 1.54) is 19.1 Å². The summed E-state index contributed by atoms with van der Waals surface area (Å²) < 4.78 is 0. The molecule has 0 atom stereocenters. The number of nitrogens with one attached hydrogen (secondary N) is 1. The standard InChI is InChI=1S/C11H10N2O3/c1-7(14)13-9-3-2-8(4-5-12)10(6-9)11(15)16/h2-3,6H,4H2,1H3,(H,13,14)(H,15,16). The highest BCUT2D eigenvalue weighted by Crippen LogP contribution is 2.16. The molecule has 0 aliphatic rings. The van der Waals surface area contributed by atoms with Crippen LogP contribution in [0.4, 0.5) is 5.69 Å². The number of hydrogen-bond donors (Lipinski definition) is 2. The summed E-state index contributed by atoms with van der Waals surface area (Å²) >= 11 is 0. The van der Waals surface area contributed by atoms with Gasteiger partial charge in [-0.05, 0) is 17.7 Å². The molecule has 82 valence electrons. The van der Waals surface area contributed by atoms with Crippen LogP contribution in [0.1, 0.15) is 22.8 Å². The molecule has 0 heterocycles. The van der Waals surface area contributed by atoms with E-state index in [1.54, 1.807) is 6.07 Å². The molecule has 2 N–H and O–H groups in total. The molecule has 5 heteroatoms. The molecule has 0 aromatic heterocycles. The van der Waals surface area contributed by atoms with Crippen LogP contribution in [0.25, 0.3) is 0 Å². The van der Waals surface area contributed by atoms with Crippen LogP contribution in [0, 0.1) is 11.3 Å². The summed E-state index contributed by atoms with van der Waals surface area (Å²) in [5.41, 5.74) is 0.878. The van der Waals surface area contributed by atoms with E-state index in [0.717, 1.165) is 0 Å². The minimum Gasteiger partial charge on any atom is -0.478 e. The minimum atomic E-state index is -1.11. The first-order valence-corrected chi connectivity index (χ1v) is 4.55. The number of aromatic carboxylic acids is 1. The van der Waals surface area contributed by atoms with Crippen LogP contribution < -0.4 is 5.32 Å². The quantitative estimate of drug-likeness (QED) is 0.802. The normalized spacial score (nSPS) is 9.25. The van der Waals surface area contributed by atoms with Crippen LogP contribution in [0.3, 0.4) is 0 Å². The van der Waals surface area contributed by atoms with Crippen molar-refractivity contribution in [3.63, 3.8) is 0 Å². The predicted molar refractivity (Wildman–Crippen MR) is 57.0 cm³/mol. The summed E-state index contributed by atoms with van der Waals surface area (Å²) in [6, 6.07) is 6.33. The van der Waals surface area contributed by atoms with Gasteiger partial charge < -0.3 is 10.4 Å². The Morgan fingerprint density at radius 1 is 1.50 bits per heavy atom. The fourth-order valence-electron chi connectivity index (χ4n) is 1.30. The van der Waals surface area contributed by atoms with Crippen molar-refractivity contribution in [2.75, 3.05) is 5.32 Å². The predicted octanol–water partition coefficient (Wildman–Crippen LogP) is 1.41. The average Bonchev–Trinajstić information content (AvgIpc) is 2.19. The zero-order valence-electron chi connectivity index (χ0n) is 8.65. The summed E-state index contributed by atoms with van der Waals surface area (Å²) in [5, 5.41) is 19.9. The van der Waals surface area contributed by atoms with E-state index in [-0.39, 0.29) is 17.9 Å². The van der Waals surface area contributed by atoms with Crippen LogP contribution in [-0.4, -0.2) is 17.0 Å². The maximum absolute atomic E-state index is 10.9. The topological polar surface area (TPSA) is 90.2 Å². The monoisotopic (exact) mass is 218 g/mol. The summed E-state index contributed by atoms with van der Waals surface area (Å²) in [6.07, 6.45) is 0.0297. The number of anilines is 1. The molecule has 0 saturated heterocycles. The van der Waals surface area contributed by atoms with Gasteiger partial charge in [0, 0.05) is 12.6 Å². The van der Waals surface area contributed by atoms with E-state index < -0.39 is 5.97 Å². The summed E-state index contributed by atoms with van der Waals surface area (Å²) in [4.78, 5) is 21.7. The van der Waals surface area contributed by atoms with Crippen molar-refractivity contribution in [3.05, 3.63) is 29.3 Å². The van der Waals surface area contributed by atoms with Gasteiger partial charge in [0.1, 0.15) is 0 Å². The van der Waals surface area contributed by atoms with Crippen LogP contribution in [-0.2, 0) is 11.2 Å². The number of rotatable bonds is 3. The van der Waals surface area contributed by atoms with Crippen molar-refractivity contribution in [3.8, 4) is 6.07 Å². The number of carboxylic acids is 1. The molecule has 16 heavy (non-hydrogen) atoms. The number of carboxylic acid groups (broad SMARTS) is 1. The molecule has 1 aromatic rings. The Labute approximate surface area is 92.3 Å². The highest BCUT2D eigenvalue weighted by molar-refractivity contribution is 5.94. The molecule has 0 fully saturated rings. The van der Waals surface area contributed by atoms with Crippen molar-refractivity contribution in [2.45, 2.75) is 13.3 Å². The molecule has 0 saturated carbocycles. The van der Waals surface area contributed by atoms with E-state index in [2.05, 4.69) is 5.32 Å². The molecular formula is C11H10N2O3. The van der Waals surface area contributed by atoms with Crippen LogP contribution in [0.15, 0.2) is 18.2 Å². The lowest BCUT2D eigenvalue weighted by Gasteiger charge is -2.06. The number of carbonyl (C=O) groups is 2. The Hall–Kier alpha value is -2.35. The first-order valence-electron chi connectivity index (χ1n) is 4.55. The Morgan fingerprint density at radius 3 is 2.69 bits per heavy atom. The van der Waals surface area contributed by atoms with Gasteiger partial charge in [0.25, 0.3) is 0 Å². The summed E-state index contributed by atoms with van der Waals surface area (Å²) in [5.74, 6) is -1.39. The molecule has 1 amide bonds. The highest BCUT2D eigenvalue weighted by atomic mass is 16.4. The Morgan fingerprint density at radius 2 is 2.19 bits per heavy atom. The molecule has 0 aliphatic heterocycles. The van der Waals surface area contributed by atoms with Crippen LogP contribution >= 0.6 is 0 Å². The average molecular weight is 218 g/mol. The van der Waals surface area contributed by atoms with Crippen molar-refractivity contribution in [1.82, 2.24) is 0 Å². The fourth-order valence-corrected chi connectivity index (χ4v) is 1.30. The zero-order chi connectivity index (χ0) is 12.1. The number of nitrogens with zero attached hydrogens (tertiary/aromatic N) is 1. The van der Waals surface area contributed by atoms with Crippen LogP contribution in [0.5, 0.6) is 0 Å². The number of nitriles is 1. The van der Waals surface area contributed by atoms with Gasteiger partial charge in [-0.25, -0.2) is 4.79 Å². The van der Waals surface area contributed by atoms with Gasteiger partial charge in [0.2, 0.25) is 5.91 Å². The second-order valence-electron chi connectivity index (χ2n) is 3.19. The largest absolute Gasteiger partial charge is 0.478 e. The van der Waals surface area contributed by atoms with Gasteiger partial charge in [0.05, 0.1) is 18.1 Å². The van der Waals surface area contributed by atoms with Crippen molar-refractivity contribution < 1.29 is 14.7 Å². The molecule has 0 radical (unpaired) electrons. The third-order valence-electron chi connectivity index (χ3n) is 1.93. The number of amides is 1. The third kappa shape index (κ3) is 2.82. The van der Waals surface area contributed by atoms with E-state index in [4.69, 9.17) is 10.4 Å². The molecule has 0 spiro atoms. The maximum Gasteiger partial charge on any atom is 0.336 e. The van der Waals surface area contributed by atoms with Gasteiger partial charge in [-0.15, -0.1) is 0 Å². The van der Waals surface area contributed by atoms with E-state index in [0.29, 0.717) is 11.3 Å². The Kier molecular flexibility index (Phi) is 3.62. The Bertz CT molecular complexity index is 475. The second kappa shape index (κ2) is 4.94. The SMILES string of the molecule is CC(=O)Nc1ccc(CC#N)c(C(=O)O)c1. The molecule has 0 bridgehead atoms. The summed E-state index contributed by atoms with van der Waals surface area (Å²) in [7, 11) is 0. The van der Waals surface area contributed by atoms with Gasteiger partial charge >= 0.3 is 5.97 Å². The third-order valence-corrected chi connectivity index (χ3v) is 1.93. The van der Waals surface area contributed by atoms with Gasteiger partial charge in [-0.1, -0.05) is 6.07 Å². The molecule has 0 unspecified atom stereocenters. The molecule has 5 nitrogen and oxygen atoms in total. The van der Waals surface area contributed by atoms with E-state index in [1.807, 2.05) is 6.07 Å². The van der Waals surface area contributed by atoms with Crippen molar-refractivity contribution >= 4 is 17.6 Å². The first-order chi connectivity index (χ1) is 7.54. The first kappa shape index (κ1) is 11.7. The summed E-state index contributed by atoms with van der Waals surface area (Å²) in [6.45, 7) is 1.34. The van der Waals surface area contributed by atoms with E-state index >= 15 is 0 Å². The maximum atomic E-state index is 10.9. The molecule has 1 aromatic carbocycles. The van der Waals surface area contributed by atoms with Crippen molar-refractivity contribution in [1.29, 1.82) is 5.26 Å². The minimum absolute atomic E-state index is 0.0297. The zero-order valence-corrected chi connectivity index (χ0v) is 8.65. The molecule has 0 aliphatic carbocycles. The molecular weight excluding hydrogens is 208 g/mol. The van der Waals surface area contributed by atoms with Crippen LogP contribution in [0.2, 0.25) is 0 Å². The smallest absolute Gasteiger partial charge is 0.336 e. The highest BCUT2D eigenvalue weighted by Gasteiger charge is 2.11.